The molecule has 1 aromatic rings. The molecule has 3 aliphatic rings. The van der Waals surface area contributed by atoms with E-state index in [9.17, 15) is 70.3 Å². The molecule has 4 rings (SSSR count). The van der Waals surface area contributed by atoms with Crippen molar-refractivity contribution in [3.8, 4) is 0 Å². The lowest BCUT2D eigenvalue weighted by Gasteiger charge is -2.37. The van der Waals surface area contributed by atoms with Gasteiger partial charge < -0.3 is 55.1 Å². The Balaban J connectivity index is 1.71. The number of carbonyl (C=O) groups excluding carboxylic acids is 11. The summed E-state index contributed by atoms with van der Waals surface area (Å²) < 4.78 is 55.4. The lowest BCUT2D eigenvalue weighted by molar-refractivity contribution is -0.149. The number of halogens is 4. The molecule has 1 saturated carbocycles. The third-order valence-corrected chi connectivity index (χ3v) is 18.2. The quantitative estimate of drug-likeness (QED) is 0.267. The van der Waals surface area contributed by atoms with E-state index < -0.39 is 144 Å². The number of carbonyl (C=O) groups is 11. The highest BCUT2D eigenvalue weighted by Crippen LogP contribution is 2.33. The SMILES string of the molecule is CC[C@H](C)[C@@H]1NC(=O)[C@H](CC(C)C)N(C)C(=O)C[C@@H](C)N(C)C(=O)[C@H](C(C)C)N(C)C(=O)CCCCNC(=O)[C@@H]2CCCN2C(=O)[C@H](CCc2ccc(C(F)(F)F)c(F)c2)NC(=O)CN(C)C(=O)[C@H](CC2CCCCC2)N(C)C(=O)CN(C)C(=O)CN(C)C1=O. The molecule has 506 valence electrons. The molecule has 0 bridgehead atoms. The highest BCUT2D eigenvalue weighted by atomic mass is 19.4. The largest absolute Gasteiger partial charge is 0.419 e. The number of fused-ring (bicyclic) bond motifs is 1. The van der Waals surface area contributed by atoms with Gasteiger partial charge in [-0.2, -0.15) is 13.2 Å². The van der Waals surface area contributed by atoms with Crippen molar-refractivity contribution in [1.82, 2.24) is 55.1 Å². The average molecular weight is 1280 g/mol. The molecular formula is C64H101F4N11O11. The van der Waals surface area contributed by atoms with Crippen molar-refractivity contribution in [3.63, 3.8) is 0 Å². The first-order chi connectivity index (χ1) is 42.1. The van der Waals surface area contributed by atoms with Gasteiger partial charge in [0, 0.05) is 81.3 Å². The van der Waals surface area contributed by atoms with Crippen molar-refractivity contribution in [2.75, 3.05) is 82.1 Å². The number of nitrogens with one attached hydrogen (secondary N) is 3. The van der Waals surface area contributed by atoms with E-state index in [1.807, 2.05) is 20.8 Å². The molecule has 1 aromatic carbocycles. The molecule has 2 aliphatic heterocycles. The fraction of sp³-hybridized carbons (Fsp3) is 0.734. The maximum absolute atomic E-state index is 14.8. The Morgan fingerprint density at radius 3 is 1.84 bits per heavy atom. The summed E-state index contributed by atoms with van der Waals surface area (Å²) in [5, 5.41) is 8.40. The minimum absolute atomic E-state index is 0.00893. The van der Waals surface area contributed by atoms with Gasteiger partial charge in [-0.25, -0.2) is 4.39 Å². The van der Waals surface area contributed by atoms with Crippen LogP contribution in [0.2, 0.25) is 0 Å². The van der Waals surface area contributed by atoms with Crippen molar-refractivity contribution in [3.05, 3.63) is 35.1 Å². The van der Waals surface area contributed by atoms with Crippen LogP contribution < -0.4 is 16.0 Å². The van der Waals surface area contributed by atoms with Crippen molar-refractivity contribution in [2.24, 2.45) is 23.7 Å². The van der Waals surface area contributed by atoms with Crippen LogP contribution in [0.3, 0.4) is 0 Å². The standard InChI is InChI=1S/C64H101F4N11O11/c1-15-41(6)56-62(89)74(10)37-54(83)72(8)38-55(84)77(13)50(35-43-22-17-16-18-23-43)61(88)73(9)36-51(80)70-47(29-27-44-26-28-45(46(65)34-44)64(66,67)68)60(87)79-31-21-24-48(79)58(85)69-30-20-19-25-52(81)78(14)57(40(4)5)63(90)75(11)42(7)33-53(82)76(12)49(32-39(2)3)59(86)71-56/h26,28,34,39-43,47-50,56-57H,15-25,27,29-33,35-38H2,1-14H3,(H,69,85)(H,70,80)(H,71,86)/t41-,42+,47-,48-,49-,50-,56-,57-/m0/s1. The van der Waals surface area contributed by atoms with E-state index in [1.54, 1.807) is 34.7 Å². The van der Waals surface area contributed by atoms with Gasteiger partial charge in [-0.05, 0) is 99.7 Å². The van der Waals surface area contributed by atoms with E-state index in [-0.39, 0.29) is 87.3 Å². The molecule has 2 heterocycles. The predicted molar refractivity (Wildman–Crippen MR) is 330 cm³/mol. The van der Waals surface area contributed by atoms with Crippen LogP contribution in [-0.2, 0) is 65.3 Å². The summed E-state index contributed by atoms with van der Waals surface area (Å²) in [7, 11) is 10.1. The highest BCUT2D eigenvalue weighted by molar-refractivity contribution is 5.97. The third kappa shape index (κ3) is 21.1. The van der Waals surface area contributed by atoms with Gasteiger partial charge >= 0.3 is 6.18 Å². The second-order valence-corrected chi connectivity index (χ2v) is 26.0. The van der Waals surface area contributed by atoms with Gasteiger partial charge in [-0.1, -0.05) is 86.1 Å². The summed E-state index contributed by atoms with van der Waals surface area (Å²) in [6, 6.07) is -4.96. The van der Waals surface area contributed by atoms with Crippen LogP contribution in [0, 0.1) is 29.5 Å². The number of likely N-dealkylation sites (N-methyl/N-ethyl adjacent to an activating group) is 7. The smallest absolute Gasteiger partial charge is 0.354 e. The Morgan fingerprint density at radius 2 is 1.24 bits per heavy atom. The zero-order chi connectivity index (χ0) is 67.6. The summed E-state index contributed by atoms with van der Waals surface area (Å²) >= 11 is 0. The third-order valence-electron chi connectivity index (χ3n) is 18.2. The number of benzene rings is 1. The van der Waals surface area contributed by atoms with Crippen LogP contribution in [0.1, 0.15) is 156 Å². The van der Waals surface area contributed by atoms with Crippen LogP contribution in [0.4, 0.5) is 17.6 Å². The zero-order valence-electron chi connectivity index (χ0n) is 55.5. The molecule has 8 atom stereocenters. The minimum atomic E-state index is -4.97. The summed E-state index contributed by atoms with van der Waals surface area (Å²) in [4.78, 5) is 166. The number of aryl methyl sites for hydroxylation is 1. The highest BCUT2D eigenvalue weighted by Gasteiger charge is 2.42. The van der Waals surface area contributed by atoms with Crippen molar-refractivity contribution < 1.29 is 70.3 Å². The molecule has 0 aromatic heterocycles. The molecule has 0 radical (unpaired) electrons. The second-order valence-electron chi connectivity index (χ2n) is 26.0. The summed E-state index contributed by atoms with van der Waals surface area (Å²) in [6.45, 7) is 11.2. The number of amides is 11. The number of hydrogen-bond donors (Lipinski definition) is 3. The van der Waals surface area contributed by atoms with Crippen LogP contribution >= 0.6 is 0 Å². The van der Waals surface area contributed by atoms with Crippen LogP contribution in [-0.4, -0.2) is 229 Å². The lowest BCUT2D eigenvalue weighted by Crippen LogP contribution is -2.58. The molecule has 11 amide bonds. The average Bonchev–Trinajstić information content (AvgIpc) is 1.46. The summed E-state index contributed by atoms with van der Waals surface area (Å²) in [5.74, 6) is -8.72. The Bertz CT molecular complexity index is 2690. The van der Waals surface area contributed by atoms with Crippen molar-refractivity contribution >= 4 is 65.0 Å². The fourth-order valence-electron chi connectivity index (χ4n) is 12.1. The molecule has 0 unspecified atom stereocenters. The second kappa shape index (κ2) is 34.5. The van der Waals surface area contributed by atoms with E-state index in [4.69, 9.17) is 0 Å². The summed E-state index contributed by atoms with van der Waals surface area (Å²) in [5.41, 5.74) is -1.39. The Labute approximate surface area is 529 Å². The topological polar surface area (TPSA) is 250 Å². The van der Waals surface area contributed by atoms with Gasteiger partial charge in [0.25, 0.3) is 0 Å². The molecule has 1 aliphatic carbocycles. The van der Waals surface area contributed by atoms with Crippen molar-refractivity contribution in [2.45, 2.75) is 200 Å². The maximum Gasteiger partial charge on any atom is 0.419 e. The molecule has 0 spiro atoms. The number of hydrogen-bond acceptors (Lipinski definition) is 11. The van der Waals surface area contributed by atoms with Gasteiger partial charge in [0.2, 0.25) is 65.0 Å². The predicted octanol–water partition coefficient (Wildman–Crippen LogP) is 4.85. The molecule has 3 fully saturated rings. The molecule has 2 saturated heterocycles. The van der Waals surface area contributed by atoms with E-state index in [1.165, 1.54) is 66.8 Å². The molecule has 26 heteroatoms. The Kier molecular flexibility index (Phi) is 29.0. The number of nitrogens with zero attached hydrogens (tertiary/aromatic N) is 8. The van der Waals surface area contributed by atoms with E-state index in [0.717, 1.165) is 52.9 Å². The first kappa shape index (κ1) is 75.6. The molecule has 22 nitrogen and oxygen atoms in total. The first-order valence-electron chi connectivity index (χ1n) is 31.9. The first-order valence-corrected chi connectivity index (χ1v) is 31.9. The number of alkyl halides is 3. The Hall–Kier alpha value is -6.89. The molecular weight excluding hydrogens is 1170 g/mol. The van der Waals surface area contributed by atoms with Gasteiger partial charge in [-0.3, -0.25) is 52.7 Å². The molecule has 90 heavy (non-hydrogen) atoms. The maximum atomic E-state index is 14.8. The summed E-state index contributed by atoms with van der Waals surface area (Å²) in [6.07, 6.45) is 0.931. The monoisotopic (exact) mass is 1280 g/mol. The van der Waals surface area contributed by atoms with Crippen LogP contribution in [0.15, 0.2) is 18.2 Å². The lowest BCUT2D eigenvalue weighted by atomic mass is 9.84. The number of rotatable bonds is 10. The normalized spacial score (nSPS) is 25.5. The van der Waals surface area contributed by atoms with E-state index >= 15 is 0 Å². The fourth-order valence-corrected chi connectivity index (χ4v) is 12.1. The van der Waals surface area contributed by atoms with Gasteiger partial charge in [0.15, 0.2) is 0 Å². The van der Waals surface area contributed by atoms with Gasteiger partial charge in [0.05, 0.1) is 25.2 Å². The minimum Gasteiger partial charge on any atom is -0.354 e. The zero-order valence-corrected chi connectivity index (χ0v) is 55.5. The molecule has 3 N–H and O–H groups in total. The van der Waals surface area contributed by atoms with Crippen LogP contribution in [0.5, 0.6) is 0 Å². The van der Waals surface area contributed by atoms with Gasteiger partial charge in [0.1, 0.15) is 42.1 Å². The van der Waals surface area contributed by atoms with E-state index in [2.05, 4.69) is 16.0 Å². The Morgan fingerprint density at radius 1 is 0.622 bits per heavy atom. The van der Waals surface area contributed by atoms with Gasteiger partial charge in [-0.15, -0.1) is 0 Å². The van der Waals surface area contributed by atoms with Crippen molar-refractivity contribution in [1.29, 1.82) is 0 Å². The van der Waals surface area contributed by atoms with Crippen LogP contribution in [0.25, 0.3) is 0 Å². The van der Waals surface area contributed by atoms with E-state index in [0.29, 0.717) is 37.8 Å².